The molecule has 0 aliphatic heterocycles. The van der Waals surface area contributed by atoms with Crippen molar-refractivity contribution in [2.75, 3.05) is 6.26 Å². The van der Waals surface area contributed by atoms with E-state index in [1.807, 2.05) is 11.4 Å². The molecule has 1 fully saturated rings. The van der Waals surface area contributed by atoms with E-state index in [1.54, 1.807) is 52.0 Å². The third-order valence-corrected chi connectivity index (χ3v) is 7.63. The highest BCUT2D eigenvalue weighted by Gasteiger charge is 2.30. The number of aromatic nitrogens is 7. The molecule has 4 aromatic rings. The lowest BCUT2D eigenvalue weighted by Crippen LogP contribution is -2.04. The monoisotopic (exact) mass is 459 g/mol. The molecule has 3 heterocycles. The second-order valence-corrected chi connectivity index (χ2v) is 10.9. The van der Waals surface area contributed by atoms with Crippen molar-refractivity contribution < 1.29 is 8.42 Å². The Morgan fingerprint density at radius 3 is 2.60 bits per heavy atom. The molecule has 0 radical (unpaired) electrons. The molecule has 0 saturated heterocycles. The van der Waals surface area contributed by atoms with Gasteiger partial charge in [0.1, 0.15) is 0 Å². The quantitative estimate of drug-likeness (QED) is 0.388. The molecule has 1 aliphatic rings. The third-order valence-electron chi connectivity index (χ3n) is 4.69. The summed E-state index contributed by atoms with van der Waals surface area (Å²) in [5.41, 5.74) is 0.700. The van der Waals surface area contributed by atoms with Gasteiger partial charge in [-0.3, -0.25) is 4.57 Å². The van der Waals surface area contributed by atoms with E-state index in [0.29, 0.717) is 23.3 Å². The van der Waals surface area contributed by atoms with Crippen LogP contribution in [-0.2, 0) is 15.6 Å². The van der Waals surface area contributed by atoms with Gasteiger partial charge in [0.2, 0.25) is 0 Å². The molecule has 5 rings (SSSR count). The largest absolute Gasteiger partial charge is 0.298 e. The van der Waals surface area contributed by atoms with Gasteiger partial charge >= 0.3 is 0 Å². The molecule has 0 unspecified atom stereocenters. The molecule has 30 heavy (non-hydrogen) atoms. The number of thiophene rings is 1. The fourth-order valence-corrected chi connectivity index (χ4v) is 5.32. The standard InChI is InChI=1S/C18H17N7O2S3/c1-30(26,27)14-8-6-13(7-9-14)25-16(19-22-23-25)11-29-18-21-20-17(15-3-2-10-28-15)24(18)12-4-5-12/h2-3,6-10,12H,4-5,11H2,1H3. The van der Waals surface area contributed by atoms with Crippen molar-refractivity contribution in [1.82, 2.24) is 35.0 Å². The van der Waals surface area contributed by atoms with Crippen LogP contribution in [0.4, 0.5) is 0 Å². The number of thioether (sulfide) groups is 1. The Hall–Kier alpha value is -2.57. The minimum Gasteiger partial charge on any atom is -0.298 e. The first-order valence-electron chi connectivity index (χ1n) is 9.20. The minimum atomic E-state index is -3.25. The van der Waals surface area contributed by atoms with Crippen LogP contribution in [0.1, 0.15) is 24.7 Å². The van der Waals surface area contributed by atoms with Crippen molar-refractivity contribution in [2.24, 2.45) is 0 Å². The summed E-state index contributed by atoms with van der Waals surface area (Å²) in [6.45, 7) is 0. The average Bonchev–Trinajstić information content (AvgIpc) is 3.15. The van der Waals surface area contributed by atoms with Crippen molar-refractivity contribution in [3.8, 4) is 16.4 Å². The number of tetrazole rings is 1. The molecular weight excluding hydrogens is 442 g/mol. The van der Waals surface area contributed by atoms with Gasteiger partial charge in [-0.15, -0.1) is 26.6 Å². The van der Waals surface area contributed by atoms with Crippen molar-refractivity contribution in [1.29, 1.82) is 0 Å². The van der Waals surface area contributed by atoms with Gasteiger partial charge in [-0.05, 0) is 59.0 Å². The SMILES string of the molecule is CS(=O)(=O)c1ccc(-n2nnnc2CSc2nnc(-c3cccs3)n2C2CC2)cc1. The summed E-state index contributed by atoms with van der Waals surface area (Å²) in [5.74, 6) is 2.07. The maximum absolute atomic E-state index is 11.7. The normalized spacial score (nSPS) is 14.3. The Balaban J connectivity index is 1.38. The number of benzene rings is 1. The first-order chi connectivity index (χ1) is 14.5. The van der Waals surface area contributed by atoms with Crippen molar-refractivity contribution in [3.63, 3.8) is 0 Å². The van der Waals surface area contributed by atoms with Crippen molar-refractivity contribution in [2.45, 2.75) is 34.7 Å². The predicted molar refractivity (Wildman–Crippen MR) is 113 cm³/mol. The van der Waals surface area contributed by atoms with Crippen LogP contribution in [-0.4, -0.2) is 49.6 Å². The Kier molecular flexibility index (Phi) is 4.91. The molecule has 0 atom stereocenters. The lowest BCUT2D eigenvalue weighted by atomic mass is 10.3. The minimum absolute atomic E-state index is 0.258. The third kappa shape index (κ3) is 3.77. The molecule has 0 N–H and O–H groups in total. The zero-order chi connectivity index (χ0) is 20.7. The number of rotatable bonds is 7. The van der Waals surface area contributed by atoms with Crippen LogP contribution >= 0.6 is 23.1 Å². The number of sulfone groups is 1. The fraction of sp³-hybridized carbons (Fsp3) is 0.278. The smallest absolute Gasteiger partial charge is 0.192 e. The molecule has 1 saturated carbocycles. The summed E-state index contributed by atoms with van der Waals surface area (Å²) >= 11 is 3.20. The molecule has 154 valence electrons. The van der Waals surface area contributed by atoms with Crippen LogP contribution in [0, 0.1) is 0 Å². The van der Waals surface area contributed by atoms with Crippen LogP contribution in [0.15, 0.2) is 51.8 Å². The topological polar surface area (TPSA) is 108 Å². The Labute approximate surface area is 181 Å². The van der Waals surface area contributed by atoms with Gasteiger partial charge in [-0.2, -0.15) is 4.68 Å². The summed E-state index contributed by atoms with van der Waals surface area (Å²) in [6, 6.07) is 11.0. The van der Waals surface area contributed by atoms with Crippen LogP contribution in [0.3, 0.4) is 0 Å². The van der Waals surface area contributed by atoms with E-state index in [-0.39, 0.29) is 4.90 Å². The predicted octanol–water partition coefficient (Wildman–Crippen LogP) is 3.01. The average molecular weight is 460 g/mol. The first-order valence-corrected chi connectivity index (χ1v) is 13.0. The van der Waals surface area contributed by atoms with Gasteiger partial charge < -0.3 is 0 Å². The molecule has 12 heteroatoms. The highest BCUT2D eigenvalue weighted by atomic mass is 32.2. The van der Waals surface area contributed by atoms with E-state index < -0.39 is 9.84 Å². The zero-order valence-corrected chi connectivity index (χ0v) is 18.4. The summed E-state index contributed by atoms with van der Waals surface area (Å²) in [5, 5.41) is 23.7. The van der Waals surface area contributed by atoms with Gasteiger partial charge in [-0.25, -0.2) is 8.42 Å². The molecule has 0 amide bonds. The Morgan fingerprint density at radius 2 is 1.93 bits per heavy atom. The lowest BCUT2D eigenvalue weighted by molar-refractivity contribution is 0.602. The maximum atomic E-state index is 11.7. The van der Waals surface area contributed by atoms with Crippen LogP contribution in [0.2, 0.25) is 0 Å². The molecular formula is C18H17N7O2S3. The van der Waals surface area contributed by atoms with E-state index in [2.05, 4.69) is 36.4 Å². The summed E-state index contributed by atoms with van der Waals surface area (Å²) in [4.78, 5) is 1.37. The highest BCUT2D eigenvalue weighted by molar-refractivity contribution is 7.98. The summed E-state index contributed by atoms with van der Waals surface area (Å²) < 4.78 is 27.2. The number of nitrogens with zero attached hydrogens (tertiary/aromatic N) is 7. The highest BCUT2D eigenvalue weighted by Crippen LogP contribution is 2.42. The van der Waals surface area contributed by atoms with Gasteiger partial charge in [0.25, 0.3) is 0 Å². The molecule has 1 aliphatic carbocycles. The van der Waals surface area contributed by atoms with Crippen LogP contribution in [0.5, 0.6) is 0 Å². The van der Waals surface area contributed by atoms with Crippen molar-refractivity contribution in [3.05, 3.63) is 47.6 Å². The number of hydrogen-bond acceptors (Lipinski definition) is 9. The second-order valence-electron chi connectivity index (χ2n) is 6.95. The molecule has 1 aromatic carbocycles. The van der Waals surface area contributed by atoms with Gasteiger partial charge in [0.15, 0.2) is 26.6 Å². The second kappa shape index (κ2) is 7.60. The molecule has 0 bridgehead atoms. The van der Waals surface area contributed by atoms with E-state index in [0.717, 1.165) is 28.7 Å². The van der Waals surface area contributed by atoms with Gasteiger partial charge in [0.05, 0.1) is 21.2 Å². The fourth-order valence-electron chi connectivity index (χ4n) is 3.07. The van der Waals surface area contributed by atoms with Gasteiger partial charge in [0, 0.05) is 12.3 Å². The van der Waals surface area contributed by atoms with E-state index in [4.69, 9.17) is 0 Å². The summed E-state index contributed by atoms with van der Waals surface area (Å²) in [7, 11) is -3.25. The first kappa shape index (κ1) is 19.4. The van der Waals surface area contributed by atoms with Crippen LogP contribution in [0.25, 0.3) is 16.4 Å². The number of hydrogen-bond donors (Lipinski definition) is 0. The molecule has 0 spiro atoms. The van der Waals surface area contributed by atoms with Gasteiger partial charge in [-0.1, -0.05) is 17.8 Å². The Morgan fingerprint density at radius 1 is 1.13 bits per heavy atom. The molecule has 3 aromatic heterocycles. The van der Waals surface area contributed by atoms with E-state index in [9.17, 15) is 8.42 Å². The summed E-state index contributed by atoms with van der Waals surface area (Å²) in [6.07, 6.45) is 3.45. The van der Waals surface area contributed by atoms with Crippen molar-refractivity contribution >= 4 is 32.9 Å². The van der Waals surface area contributed by atoms with E-state index >= 15 is 0 Å². The van der Waals surface area contributed by atoms with E-state index in [1.165, 1.54) is 6.26 Å². The molecule has 9 nitrogen and oxygen atoms in total. The maximum Gasteiger partial charge on any atom is 0.192 e. The zero-order valence-electron chi connectivity index (χ0n) is 15.9. The lowest BCUT2D eigenvalue weighted by Gasteiger charge is -2.08. The van der Waals surface area contributed by atoms with Crippen LogP contribution < -0.4 is 0 Å². The Bertz CT molecular complexity index is 1270.